The average molecular weight is 358 g/mol. The van der Waals surface area contributed by atoms with Crippen LogP contribution >= 0.6 is 0 Å². The van der Waals surface area contributed by atoms with Gasteiger partial charge in [0.1, 0.15) is 12.2 Å². The first-order valence-electron chi connectivity index (χ1n) is 9.01. The molecule has 2 aliphatic heterocycles. The Morgan fingerprint density at radius 2 is 1.58 bits per heavy atom. The van der Waals surface area contributed by atoms with Gasteiger partial charge in [0.15, 0.2) is 18.4 Å². The number of benzene rings is 2. The van der Waals surface area contributed by atoms with Crippen LogP contribution < -0.4 is 11.5 Å². The largest absolute Gasteiger partial charge is 0.348 e. The van der Waals surface area contributed by atoms with Crippen molar-refractivity contribution in [2.45, 2.75) is 43.5 Å². The molecule has 2 aromatic carbocycles. The molecule has 2 aliphatic rings. The van der Waals surface area contributed by atoms with Gasteiger partial charge in [0.05, 0.1) is 13.2 Å². The van der Waals surface area contributed by atoms with E-state index in [9.17, 15) is 0 Å². The molecule has 2 fully saturated rings. The van der Waals surface area contributed by atoms with Gasteiger partial charge in [0.2, 0.25) is 6.29 Å². The Balaban J connectivity index is 1.40. The van der Waals surface area contributed by atoms with Crippen LogP contribution in [0.2, 0.25) is 0 Å². The molecule has 0 saturated carbocycles. The second-order valence-corrected chi connectivity index (χ2v) is 6.84. The zero-order valence-electron chi connectivity index (χ0n) is 14.7. The predicted molar refractivity (Wildman–Crippen MR) is 93.3 cm³/mol. The van der Waals surface area contributed by atoms with E-state index >= 15 is 0 Å². The van der Waals surface area contributed by atoms with E-state index in [-0.39, 0.29) is 30.6 Å². The van der Waals surface area contributed by atoms with Crippen molar-refractivity contribution in [1.82, 2.24) is 0 Å². The van der Waals surface area contributed by atoms with Crippen molar-refractivity contribution >= 4 is 0 Å². The molecule has 0 bridgehead atoms. The molecule has 0 unspecified atom stereocenters. The first-order valence-corrected chi connectivity index (χ1v) is 9.01. The summed E-state index contributed by atoms with van der Waals surface area (Å²) < 4.78 is 24.1. The third-order valence-corrected chi connectivity index (χ3v) is 5.02. The van der Waals surface area contributed by atoms with Crippen molar-refractivity contribution in [3.8, 4) is 0 Å². The lowest BCUT2D eigenvalue weighted by Crippen LogP contribution is -2.89. The van der Waals surface area contributed by atoms with E-state index in [4.69, 9.17) is 18.9 Å². The highest BCUT2D eigenvalue weighted by Gasteiger charge is 2.51. The molecule has 2 heterocycles. The normalized spacial score (nSPS) is 34.2. The Morgan fingerprint density at radius 1 is 0.885 bits per heavy atom. The summed E-state index contributed by atoms with van der Waals surface area (Å²) in [4.78, 5) is 0. The Bertz CT molecular complexity index is 697. The predicted octanol–water partition coefficient (Wildman–Crippen LogP) is 0.263. The van der Waals surface area contributed by atoms with Crippen LogP contribution in [0.25, 0.3) is 0 Å². The molecule has 6 N–H and O–H groups in total. The van der Waals surface area contributed by atoms with Crippen molar-refractivity contribution in [2.75, 3.05) is 6.61 Å². The number of ether oxygens (including phenoxy) is 4. The van der Waals surface area contributed by atoms with Crippen LogP contribution in [0.1, 0.15) is 17.4 Å². The maximum Gasteiger partial charge on any atom is 0.217 e. The summed E-state index contributed by atoms with van der Waals surface area (Å²) >= 11 is 0. The number of rotatable bonds is 4. The van der Waals surface area contributed by atoms with Crippen LogP contribution in [-0.4, -0.2) is 37.2 Å². The van der Waals surface area contributed by atoms with Gasteiger partial charge in [-0.15, -0.1) is 0 Å². The standard InChI is InChI=1S/C20H24N2O4/c21-16-17(22)20(23-11-13-7-3-1-4-8-13)25-15-12-24-19(26-18(15)16)14-9-5-2-6-10-14/h1-10,15-20H,11-12,21-22H2/p+2/t15-,16-,17-,18-,19-,20+/m1/s1. The fourth-order valence-electron chi connectivity index (χ4n) is 3.46. The second-order valence-electron chi connectivity index (χ2n) is 6.84. The lowest BCUT2D eigenvalue weighted by atomic mass is 9.94. The van der Waals surface area contributed by atoms with E-state index in [0.717, 1.165) is 11.1 Å². The highest BCUT2D eigenvalue weighted by atomic mass is 16.7. The Hall–Kier alpha value is -1.80. The average Bonchev–Trinajstić information content (AvgIpc) is 2.71. The van der Waals surface area contributed by atoms with Gasteiger partial charge in [-0.2, -0.15) is 0 Å². The lowest BCUT2D eigenvalue weighted by molar-refractivity contribution is -0.587. The summed E-state index contributed by atoms with van der Waals surface area (Å²) in [7, 11) is 0. The van der Waals surface area contributed by atoms with Gasteiger partial charge < -0.3 is 30.4 Å². The summed E-state index contributed by atoms with van der Waals surface area (Å²) in [5.41, 5.74) is 10.6. The fraction of sp³-hybridized carbons (Fsp3) is 0.400. The van der Waals surface area contributed by atoms with Crippen LogP contribution in [0.5, 0.6) is 0 Å². The van der Waals surface area contributed by atoms with Crippen LogP contribution in [0.15, 0.2) is 60.7 Å². The molecule has 26 heavy (non-hydrogen) atoms. The Kier molecular flexibility index (Phi) is 5.31. The van der Waals surface area contributed by atoms with Crippen LogP contribution in [0.3, 0.4) is 0 Å². The summed E-state index contributed by atoms with van der Waals surface area (Å²) in [6, 6.07) is 19.8. The highest BCUT2D eigenvalue weighted by Crippen LogP contribution is 2.32. The SMILES string of the molecule is [NH3+][C@@H]1[C@@H]([NH3+])[C@@H](OCc2ccccc2)O[C@@H]2CO[C@@H](c3ccccc3)O[C@@H]12. The van der Waals surface area contributed by atoms with Crippen molar-refractivity contribution < 1.29 is 30.4 Å². The van der Waals surface area contributed by atoms with Gasteiger partial charge in [0.25, 0.3) is 0 Å². The van der Waals surface area contributed by atoms with E-state index in [1.165, 1.54) is 0 Å². The molecule has 0 amide bonds. The van der Waals surface area contributed by atoms with Gasteiger partial charge in [-0.25, -0.2) is 0 Å². The molecular formula is C20H26N2O4+2. The highest BCUT2D eigenvalue weighted by molar-refractivity contribution is 5.17. The second kappa shape index (κ2) is 7.84. The molecule has 6 heteroatoms. The van der Waals surface area contributed by atoms with Crippen molar-refractivity contribution in [2.24, 2.45) is 0 Å². The maximum absolute atomic E-state index is 6.16. The Morgan fingerprint density at radius 3 is 2.31 bits per heavy atom. The maximum atomic E-state index is 6.16. The number of hydrogen-bond acceptors (Lipinski definition) is 4. The Labute approximate surface area is 153 Å². The van der Waals surface area contributed by atoms with Crippen LogP contribution in [-0.2, 0) is 25.6 Å². The van der Waals surface area contributed by atoms with E-state index in [1.807, 2.05) is 60.7 Å². The van der Waals surface area contributed by atoms with E-state index < -0.39 is 6.29 Å². The monoisotopic (exact) mass is 358 g/mol. The van der Waals surface area contributed by atoms with E-state index in [1.54, 1.807) is 0 Å². The fourth-order valence-corrected chi connectivity index (χ4v) is 3.46. The lowest BCUT2D eigenvalue weighted by Gasteiger charge is -2.44. The quantitative estimate of drug-likeness (QED) is 0.820. The third-order valence-electron chi connectivity index (χ3n) is 5.02. The van der Waals surface area contributed by atoms with Gasteiger partial charge in [-0.1, -0.05) is 60.7 Å². The third kappa shape index (κ3) is 3.66. The van der Waals surface area contributed by atoms with Gasteiger partial charge >= 0.3 is 0 Å². The van der Waals surface area contributed by atoms with Gasteiger partial charge in [-0.3, -0.25) is 0 Å². The van der Waals surface area contributed by atoms with Crippen molar-refractivity contribution in [1.29, 1.82) is 0 Å². The first-order chi connectivity index (χ1) is 12.7. The first kappa shape index (κ1) is 17.6. The molecule has 2 saturated heterocycles. The molecule has 0 aliphatic carbocycles. The molecule has 6 nitrogen and oxygen atoms in total. The van der Waals surface area contributed by atoms with E-state index in [2.05, 4.69) is 11.5 Å². The molecule has 0 spiro atoms. The zero-order chi connectivity index (χ0) is 17.9. The minimum Gasteiger partial charge on any atom is -0.348 e. The van der Waals surface area contributed by atoms with Gasteiger partial charge in [-0.05, 0) is 5.56 Å². The summed E-state index contributed by atoms with van der Waals surface area (Å²) in [6.45, 7) is 0.935. The number of quaternary nitrogens is 2. The zero-order valence-corrected chi connectivity index (χ0v) is 14.7. The molecule has 4 rings (SSSR count). The molecule has 6 atom stereocenters. The minimum absolute atomic E-state index is 0.0374. The summed E-state index contributed by atoms with van der Waals surface area (Å²) in [5.74, 6) is 0. The van der Waals surface area contributed by atoms with Gasteiger partial charge in [0, 0.05) is 5.56 Å². The van der Waals surface area contributed by atoms with Crippen molar-refractivity contribution in [3.63, 3.8) is 0 Å². The summed E-state index contributed by atoms with van der Waals surface area (Å²) in [6.07, 6.45) is -1.16. The topological polar surface area (TPSA) is 92.2 Å². The van der Waals surface area contributed by atoms with E-state index in [0.29, 0.717) is 13.2 Å². The van der Waals surface area contributed by atoms with Crippen molar-refractivity contribution in [3.05, 3.63) is 71.8 Å². The van der Waals surface area contributed by atoms with Crippen LogP contribution in [0, 0.1) is 0 Å². The molecule has 0 radical (unpaired) electrons. The molecule has 2 aromatic rings. The minimum atomic E-state index is -0.417. The molecule has 0 aromatic heterocycles. The molecular weight excluding hydrogens is 332 g/mol. The number of hydrogen-bond donors (Lipinski definition) is 2. The van der Waals surface area contributed by atoms with Crippen LogP contribution in [0.4, 0.5) is 0 Å². The number of fused-ring (bicyclic) bond motifs is 1. The molecule has 138 valence electrons. The summed E-state index contributed by atoms with van der Waals surface area (Å²) in [5, 5.41) is 0. The smallest absolute Gasteiger partial charge is 0.217 e.